The molecule has 3 N–H and O–H groups in total. The van der Waals surface area contributed by atoms with E-state index in [4.69, 9.17) is 10.5 Å². The zero-order valence-electron chi connectivity index (χ0n) is 13.6. The van der Waals surface area contributed by atoms with Crippen molar-refractivity contribution in [1.29, 1.82) is 0 Å². The van der Waals surface area contributed by atoms with Gasteiger partial charge in [0.15, 0.2) is 11.6 Å². The van der Waals surface area contributed by atoms with Crippen LogP contribution in [0.25, 0.3) is 0 Å². The van der Waals surface area contributed by atoms with Crippen molar-refractivity contribution in [3.63, 3.8) is 0 Å². The standard InChI is InChI=1S/C18H24F2N2O2/c19-15-5-4-14(10-16(15)20)24-7-6-22-18(23)13-8-11-2-1-3-12(9-13)17(11)21/h4-5,10-13,17H,1-3,6-9,21H2,(H,22,23). The Balaban J connectivity index is 1.42. The smallest absolute Gasteiger partial charge is 0.223 e. The summed E-state index contributed by atoms with van der Waals surface area (Å²) in [6, 6.07) is 3.64. The Morgan fingerprint density at radius 1 is 1.21 bits per heavy atom. The molecule has 2 bridgehead atoms. The molecule has 2 unspecified atom stereocenters. The average molecular weight is 338 g/mol. The van der Waals surface area contributed by atoms with Crippen LogP contribution in [0.1, 0.15) is 32.1 Å². The quantitative estimate of drug-likeness (QED) is 0.811. The van der Waals surface area contributed by atoms with Crippen LogP contribution in [0.3, 0.4) is 0 Å². The highest BCUT2D eigenvalue weighted by Crippen LogP contribution is 2.41. The van der Waals surface area contributed by atoms with Crippen molar-refractivity contribution >= 4 is 5.91 Å². The van der Waals surface area contributed by atoms with Gasteiger partial charge >= 0.3 is 0 Å². The molecule has 0 spiro atoms. The molecule has 4 nitrogen and oxygen atoms in total. The van der Waals surface area contributed by atoms with Gasteiger partial charge in [0, 0.05) is 18.0 Å². The van der Waals surface area contributed by atoms with Gasteiger partial charge in [0.1, 0.15) is 12.4 Å². The molecule has 24 heavy (non-hydrogen) atoms. The van der Waals surface area contributed by atoms with Crippen LogP contribution >= 0.6 is 0 Å². The van der Waals surface area contributed by atoms with E-state index in [0.29, 0.717) is 18.4 Å². The van der Waals surface area contributed by atoms with Gasteiger partial charge in [-0.15, -0.1) is 0 Å². The van der Waals surface area contributed by atoms with Crippen LogP contribution in [0.2, 0.25) is 0 Å². The van der Waals surface area contributed by atoms with E-state index >= 15 is 0 Å². The second-order valence-corrected chi connectivity index (χ2v) is 6.91. The first-order valence-electron chi connectivity index (χ1n) is 8.65. The van der Waals surface area contributed by atoms with Crippen molar-refractivity contribution in [3.05, 3.63) is 29.8 Å². The van der Waals surface area contributed by atoms with Crippen LogP contribution in [-0.4, -0.2) is 25.1 Å². The molecule has 2 atom stereocenters. The van der Waals surface area contributed by atoms with E-state index in [1.807, 2.05) is 0 Å². The Labute approximate surface area is 140 Å². The van der Waals surface area contributed by atoms with E-state index in [1.54, 1.807) is 0 Å². The predicted molar refractivity (Wildman–Crippen MR) is 86.4 cm³/mol. The summed E-state index contributed by atoms with van der Waals surface area (Å²) in [5.74, 6) is -0.589. The fourth-order valence-electron chi connectivity index (χ4n) is 4.06. The number of nitrogens with two attached hydrogens (primary N) is 1. The number of carbonyl (C=O) groups is 1. The van der Waals surface area contributed by atoms with E-state index in [9.17, 15) is 13.6 Å². The maximum absolute atomic E-state index is 13.1. The Morgan fingerprint density at radius 2 is 1.92 bits per heavy atom. The fourth-order valence-corrected chi connectivity index (χ4v) is 4.06. The summed E-state index contributed by atoms with van der Waals surface area (Å²) in [7, 11) is 0. The molecule has 0 radical (unpaired) electrons. The van der Waals surface area contributed by atoms with Crippen molar-refractivity contribution in [1.82, 2.24) is 5.32 Å². The van der Waals surface area contributed by atoms with Gasteiger partial charge in [-0.05, 0) is 49.7 Å². The summed E-state index contributed by atoms with van der Waals surface area (Å²) >= 11 is 0. The highest BCUT2D eigenvalue weighted by Gasteiger charge is 2.40. The molecule has 0 saturated heterocycles. The van der Waals surface area contributed by atoms with E-state index in [1.165, 1.54) is 12.5 Å². The largest absolute Gasteiger partial charge is 0.492 e. The zero-order chi connectivity index (χ0) is 17.1. The van der Waals surface area contributed by atoms with E-state index in [2.05, 4.69) is 5.32 Å². The van der Waals surface area contributed by atoms with Crippen molar-refractivity contribution in [3.8, 4) is 5.75 Å². The Hall–Kier alpha value is -1.69. The number of hydrogen-bond donors (Lipinski definition) is 2. The number of amides is 1. The molecular weight excluding hydrogens is 314 g/mol. The molecule has 1 aromatic rings. The number of benzene rings is 1. The van der Waals surface area contributed by atoms with Gasteiger partial charge in [-0.1, -0.05) is 6.42 Å². The monoisotopic (exact) mass is 338 g/mol. The van der Waals surface area contributed by atoms with Gasteiger partial charge in [0.25, 0.3) is 0 Å². The molecular formula is C18H24F2N2O2. The van der Waals surface area contributed by atoms with E-state index in [0.717, 1.165) is 37.8 Å². The lowest BCUT2D eigenvalue weighted by atomic mass is 9.65. The third-order valence-corrected chi connectivity index (χ3v) is 5.34. The molecule has 2 aliphatic carbocycles. The lowest BCUT2D eigenvalue weighted by molar-refractivity contribution is -0.128. The Morgan fingerprint density at radius 3 is 2.58 bits per heavy atom. The normalized spacial score (nSPS) is 29.1. The van der Waals surface area contributed by atoms with E-state index < -0.39 is 11.6 Å². The molecule has 0 heterocycles. The number of nitrogens with one attached hydrogen (secondary N) is 1. The molecule has 132 valence electrons. The van der Waals surface area contributed by atoms with Crippen LogP contribution in [0.5, 0.6) is 5.75 Å². The number of fused-ring (bicyclic) bond motifs is 2. The lowest BCUT2D eigenvalue weighted by Crippen LogP contribution is -2.49. The van der Waals surface area contributed by atoms with Gasteiger partial charge in [-0.3, -0.25) is 4.79 Å². The Bertz CT molecular complexity index is 582. The first kappa shape index (κ1) is 17.1. The number of halogens is 2. The van der Waals surface area contributed by atoms with Gasteiger partial charge < -0.3 is 15.8 Å². The summed E-state index contributed by atoms with van der Waals surface area (Å²) in [5, 5.41) is 2.88. The number of rotatable bonds is 5. The van der Waals surface area contributed by atoms with Gasteiger partial charge in [-0.25, -0.2) is 8.78 Å². The summed E-state index contributed by atoms with van der Waals surface area (Å²) in [4.78, 5) is 12.3. The number of carbonyl (C=O) groups excluding carboxylic acids is 1. The van der Waals surface area contributed by atoms with Gasteiger partial charge in [0.2, 0.25) is 5.91 Å². The predicted octanol–water partition coefficient (Wildman–Crippen LogP) is 2.61. The minimum absolute atomic E-state index is 0.0309. The molecule has 6 heteroatoms. The molecule has 1 amide bonds. The van der Waals surface area contributed by atoms with Crippen LogP contribution in [0.4, 0.5) is 8.78 Å². The minimum atomic E-state index is -0.943. The molecule has 2 saturated carbocycles. The third-order valence-electron chi connectivity index (χ3n) is 5.34. The summed E-state index contributed by atoms with van der Waals surface area (Å²) in [6.07, 6.45) is 5.21. The molecule has 0 aliphatic heterocycles. The zero-order valence-corrected chi connectivity index (χ0v) is 13.6. The minimum Gasteiger partial charge on any atom is -0.492 e. The van der Waals surface area contributed by atoms with Gasteiger partial charge in [-0.2, -0.15) is 0 Å². The van der Waals surface area contributed by atoms with Crippen LogP contribution in [0.15, 0.2) is 18.2 Å². The van der Waals surface area contributed by atoms with Crippen molar-refractivity contribution in [2.24, 2.45) is 23.5 Å². The second-order valence-electron chi connectivity index (χ2n) is 6.91. The molecule has 2 aliphatic rings. The SMILES string of the molecule is NC1C2CCCC1CC(C(=O)NCCOc1ccc(F)c(F)c1)C2. The van der Waals surface area contributed by atoms with Crippen LogP contribution in [0, 0.1) is 29.4 Å². The summed E-state index contributed by atoms with van der Waals surface area (Å²) < 4.78 is 31.2. The van der Waals surface area contributed by atoms with Crippen molar-refractivity contribution in [2.45, 2.75) is 38.1 Å². The first-order chi connectivity index (χ1) is 11.5. The summed E-state index contributed by atoms with van der Waals surface area (Å²) in [6.45, 7) is 0.561. The maximum atomic E-state index is 13.1. The van der Waals surface area contributed by atoms with Crippen molar-refractivity contribution < 1.29 is 18.3 Å². The first-order valence-corrected chi connectivity index (χ1v) is 8.65. The highest BCUT2D eigenvalue weighted by molar-refractivity contribution is 5.78. The average Bonchev–Trinajstić information content (AvgIpc) is 2.54. The van der Waals surface area contributed by atoms with Crippen LogP contribution in [-0.2, 0) is 4.79 Å². The number of hydrogen-bond acceptors (Lipinski definition) is 3. The summed E-state index contributed by atoms with van der Waals surface area (Å²) in [5.41, 5.74) is 6.25. The van der Waals surface area contributed by atoms with Crippen molar-refractivity contribution in [2.75, 3.05) is 13.2 Å². The Kier molecular flexibility index (Phi) is 5.33. The molecule has 2 fully saturated rings. The molecule has 3 rings (SSSR count). The molecule has 1 aromatic carbocycles. The third kappa shape index (κ3) is 3.86. The van der Waals surface area contributed by atoms with Crippen LogP contribution < -0.4 is 15.8 Å². The molecule has 0 aromatic heterocycles. The number of ether oxygens (including phenoxy) is 1. The highest BCUT2D eigenvalue weighted by atomic mass is 19.2. The van der Waals surface area contributed by atoms with Gasteiger partial charge in [0.05, 0.1) is 6.54 Å². The second kappa shape index (κ2) is 7.47. The maximum Gasteiger partial charge on any atom is 0.223 e. The topological polar surface area (TPSA) is 64.4 Å². The fraction of sp³-hybridized carbons (Fsp3) is 0.611. The lowest BCUT2D eigenvalue weighted by Gasteiger charge is -2.43. The van der Waals surface area contributed by atoms with E-state index in [-0.39, 0.29) is 30.2 Å².